The van der Waals surface area contributed by atoms with Crippen molar-refractivity contribution in [3.63, 3.8) is 0 Å². The van der Waals surface area contributed by atoms with Crippen LogP contribution in [0.25, 0.3) is 16.1 Å². The molecule has 1 N–H and O–H groups in total. The summed E-state index contributed by atoms with van der Waals surface area (Å²) in [5.74, 6) is -0.148. The van der Waals surface area contributed by atoms with Gasteiger partial charge in [0.1, 0.15) is 6.33 Å². The SMILES string of the molecule is O=C(Nc1ccc(-n2cnnn2)cc1)c1ccc(-c2ccc(Cl)cc2)s1. The van der Waals surface area contributed by atoms with Gasteiger partial charge in [0.25, 0.3) is 5.91 Å². The molecule has 26 heavy (non-hydrogen) atoms. The summed E-state index contributed by atoms with van der Waals surface area (Å²) in [5, 5.41) is 14.6. The number of nitrogens with one attached hydrogen (secondary N) is 1. The van der Waals surface area contributed by atoms with Crippen LogP contribution >= 0.6 is 22.9 Å². The first-order valence-corrected chi connectivity index (χ1v) is 8.89. The van der Waals surface area contributed by atoms with E-state index in [9.17, 15) is 4.79 Å². The van der Waals surface area contributed by atoms with E-state index in [1.54, 1.807) is 4.68 Å². The number of amides is 1. The van der Waals surface area contributed by atoms with E-state index >= 15 is 0 Å². The predicted molar refractivity (Wildman–Crippen MR) is 102 cm³/mol. The van der Waals surface area contributed by atoms with E-state index in [0.717, 1.165) is 16.1 Å². The van der Waals surface area contributed by atoms with E-state index in [0.29, 0.717) is 15.6 Å². The summed E-state index contributed by atoms with van der Waals surface area (Å²) >= 11 is 7.35. The molecule has 0 saturated carbocycles. The van der Waals surface area contributed by atoms with Gasteiger partial charge in [0, 0.05) is 15.6 Å². The summed E-state index contributed by atoms with van der Waals surface area (Å²) in [7, 11) is 0. The first-order valence-electron chi connectivity index (χ1n) is 7.69. The zero-order chi connectivity index (χ0) is 17.9. The van der Waals surface area contributed by atoms with Crippen LogP contribution in [0.2, 0.25) is 5.02 Å². The second-order valence-electron chi connectivity index (χ2n) is 5.43. The molecule has 0 aliphatic rings. The van der Waals surface area contributed by atoms with Crippen LogP contribution in [0.5, 0.6) is 0 Å². The zero-order valence-corrected chi connectivity index (χ0v) is 14.9. The van der Waals surface area contributed by atoms with Gasteiger partial charge in [0.2, 0.25) is 0 Å². The van der Waals surface area contributed by atoms with Gasteiger partial charge in [0.05, 0.1) is 10.6 Å². The molecule has 8 heteroatoms. The van der Waals surface area contributed by atoms with Crippen molar-refractivity contribution in [1.29, 1.82) is 0 Å². The van der Waals surface area contributed by atoms with Gasteiger partial charge in [-0.05, 0) is 64.5 Å². The molecule has 2 heterocycles. The molecule has 0 radical (unpaired) electrons. The highest BCUT2D eigenvalue weighted by atomic mass is 35.5. The maximum atomic E-state index is 12.5. The highest BCUT2D eigenvalue weighted by molar-refractivity contribution is 7.17. The molecule has 6 nitrogen and oxygen atoms in total. The molecular formula is C18H12ClN5OS. The highest BCUT2D eigenvalue weighted by Gasteiger charge is 2.11. The molecule has 0 aliphatic carbocycles. The minimum atomic E-state index is -0.148. The van der Waals surface area contributed by atoms with Crippen LogP contribution in [0.4, 0.5) is 5.69 Å². The van der Waals surface area contributed by atoms with Gasteiger partial charge in [-0.15, -0.1) is 16.4 Å². The molecule has 128 valence electrons. The Bertz CT molecular complexity index is 1030. The monoisotopic (exact) mass is 381 g/mol. The molecule has 2 aromatic heterocycles. The Kier molecular flexibility index (Phi) is 4.47. The van der Waals surface area contributed by atoms with Crippen molar-refractivity contribution >= 4 is 34.5 Å². The molecular weight excluding hydrogens is 370 g/mol. The lowest BCUT2D eigenvalue weighted by molar-refractivity contribution is 0.103. The summed E-state index contributed by atoms with van der Waals surface area (Å²) in [6, 6.07) is 18.6. The van der Waals surface area contributed by atoms with Crippen LogP contribution < -0.4 is 5.32 Å². The van der Waals surface area contributed by atoms with Crippen molar-refractivity contribution in [2.45, 2.75) is 0 Å². The zero-order valence-electron chi connectivity index (χ0n) is 13.3. The van der Waals surface area contributed by atoms with Gasteiger partial charge in [-0.3, -0.25) is 4.79 Å². The van der Waals surface area contributed by atoms with Crippen LogP contribution in [-0.4, -0.2) is 26.1 Å². The van der Waals surface area contributed by atoms with Crippen molar-refractivity contribution < 1.29 is 4.79 Å². The summed E-state index contributed by atoms with van der Waals surface area (Å²) in [6.07, 6.45) is 1.51. The average Bonchev–Trinajstić information content (AvgIpc) is 3.35. The number of hydrogen-bond acceptors (Lipinski definition) is 5. The van der Waals surface area contributed by atoms with Crippen molar-refractivity contribution in [2.24, 2.45) is 0 Å². The van der Waals surface area contributed by atoms with E-state index in [4.69, 9.17) is 11.6 Å². The largest absolute Gasteiger partial charge is 0.321 e. The normalized spacial score (nSPS) is 10.7. The van der Waals surface area contributed by atoms with E-state index in [1.807, 2.05) is 60.7 Å². The number of benzene rings is 2. The Morgan fingerprint density at radius 2 is 1.77 bits per heavy atom. The molecule has 0 unspecified atom stereocenters. The van der Waals surface area contributed by atoms with Gasteiger partial charge in [-0.1, -0.05) is 23.7 Å². The molecule has 0 saturated heterocycles. The van der Waals surface area contributed by atoms with Gasteiger partial charge < -0.3 is 5.32 Å². The second kappa shape index (κ2) is 7.07. The van der Waals surface area contributed by atoms with Crippen molar-refractivity contribution in [2.75, 3.05) is 5.32 Å². The van der Waals surface area contributed by atoms with E-state index in [1.165, 1.54) is 17.7 Å². The van der Waals surface area contributed by atoms with Gasteiger partial charge in [-0.25, -0.2) is 4.68 Å². The molecule has 4 aromatic rings. The topological polar surface area (TPSA) is 72.7 Å². The quantitative estimate of drug-likeness (QED) is 0.572. The number of carbonyl (C=O) groups excluding carboxylic acids is 1. The van der Waals surface area contributed by atoms with Crippen molar-refractivity contribution in [3.05, 3.63) is 76.9 Å². The van der Waals surface area contributed by atoms with Crippen LogP contribution in [0.3, 0.4) is 0 Å². The number of nitrogens with zero attached hydrogens (tertiary/aromatic N) is 4. The number of carbonyl (C=O) groups is 1. The number of thiophene rings is 1. The number of aromatic nitrogens is 4. The molecule has 0 fully saturated rings. The third-order valence-corrected chi connectivity index (χ3v) is 5.08. The van der Waals surface area contributed by atoms with E-state index < -0.39 is 0 Å². The number of hydrogen-bond donors (Lipinski definition) is 1. The lowest BCUT2D eigenvalue weighted by atomic mass is 10.2. The minimum absolute atomic E-state index is 0.148. The molecule has 4 rings (SSSR count). The maximum Gasteiger partial charge on any atom is 0.265 e. The fourth-order valence-electron chi connectivity index (χ4n) is 2.40. The Balaban J connectivity index is 1.47. The van der Waals surface area contributed by atoms with Crippen molar-refractivity contribution in [1.82, 2.24) is 20.2 Å². The number of halogens is 1. The second-order valence-corrected chi connectivity index (χ2v) is 6.95. The average molecular weight is 382 g/mol. The fourth-order valence-corrected chi connectivity index (χ4v) is 3.43. The summed E-state index contributed by atoms with van der Waals surface area (Å²) in [6.45, 7) is 0. The highest BCUT2D eigenvalue weighted by Crippen LogP contribution is 2.29. The lowest BCUT2D eigenvalue weighted by Gasteiger charge is -2.05. The van der Waals surface area contributed by atoms with Gasteiger partial charge in [-0.2, -0.15) is 0 Å². The number of anilines is 1. The molecule has 1 amide bonds. The number of rotatable bonds is 4. The maximum absolute atomic E-state index is 12.5. The molecule has 0 spiro atoms. The Hall–Kier alpha value is -3.03. The molecule has 0 aliphatic heterocycles. The van der Waals surface area contributed by atoms with Crippen LogP contribution in [0, 0.1) is 0 Å². The number of tetrazole rings is 1. The summed E-state index contributed by atoms with van der Waals surface area (Å²) in [5.41, 5.74) is 2.55. The van der Waals surface area contributed by atoms with Crippen LogP contribution in [0.1, 0.15) is 9.67 Å². The standard InChI is InChI=1S/C18H12ClN5OS/c19-13-3-1-12(2-4-13)16-9-10-17(26-16)18(25)21-14-5-7-15(8-6-14)24-11-20-22-23-24/h1-11H,(H,21,25). The summed E-state index contributed by atoms with van der Waals surface area (Å²) < 4.78 is 1.54. The fraction of sp³-hybridized carbons (Fsp3) is 0. The van der Waals surface area contributed by atoms with E-state index in [2.05, 4.69) is 20.8 Å². The molecule has 0 bridgehead atoms. The Labute approximate surface area is 158 Å². The molecule has 2 aromatic carbocycles. The third kappa shape index (κ3) is 3.49. The van der Waals surface area contributed by atoms with Crippen LogP contribution in [-0.2, 0) is 0 Å². The van der Waals surface area contributed by atoms with Gasteiger partial charge >= 0.3 is 0 Å². The smallest absolute Gasteiger partial charge is 0.265 e. The predicted octanol–water partition coefficient (Wildman–Crippen LogP) is 4.30. The van der Waals surface area contributed by atoms with Crippen molar-refractivity contribution in [3.8, 4) is 16.1 Å². The van der Waals surface area contributed by atoms with Gasteiger partial charge in [0.15, 0.2) is 0 Å². The third-order valence-electron chi connectivity index (χ3n) is 3.70. The van der Waals surface area contributed by atoms with E-state index in [-0.39, 0.29) is 5.91 Å². The summed E-state index contributed by atoms with van der Waals surface area (Å²) in [4.78, 5) is 14.1. The molecule has 0 atom stereocenters. The Morgan fingerprint density at radius 1 is 1.00 bits per heavy atom. The van der Waals surface area contributed by atoms with Crippen LogP contribution in [0.15, 0.2) is 67.0 Å². The first-order chi connectivity index (χ1) is 12.7. The minimum Gasteiger partial charge on any atom is -0.321 e. The lowest BCUT2D eigenvalue weighted by Crippen LogP contribution is -2.10. The first kappa shape index (κ1) is 16.4. The Morgan fingerprint density at radius 3 is 2.46 bits per heavy atom.